The summed E-state index contributed by atoms with van der Waals surface area (Å²) < 4.78 is -1.59. The van der Waals surface area contributed by atoms with E-state index < -0.39 is 39.0 Å². The van der Waals surface area contributed by atoms with Crippen molar-refractivity contribution >= 4 is 35.2 Å². The van der Waals surface area contributed by atoms with Gasteiger partial charge in [-0.2, -0.15) is 0 Å². The fourth-order valence-corrected chi connectivity index (χ4v) is 9.22. The summed E-state index contributed by atoms with van der Waals surface area (Å²) in [6, 6.07) is 8.25. The second-order valence-corrected chi connectivity index (χ2v) is 14.4. The first-order valence-electron chi connectivity index (χ1n) is 14.1. The molecule has 3 amide bonds. The topological polar surface area (TPSA) is 81.2 Å². The lowest BCUT2D eigenvalue weighted by Crippen LogP contribution is -2.60. The van der Waals surface area contributed by atoms with Crippen LogP contribution in [0, 0.1) is 17.8 Å². The Balaban J connectivity index is 1.69. The second-order valence-electron chi connectivity index (χ2n) is 12.6. The Bertz CT molecular complexity index is 1210. The minimum absolute atomic E-state index is 0.0140. The monoisotopic (exact) mass is 551 g/mol. The van der Waals surface area contributed by atoms with E-state index in [0.29, 0.717) is 13.1 Å². The zero-order valence-electron chi connectivity index (χ0n) is 23.8. The molecule has 0 radical (unpaired) electrons. The molecule has 7 nitrogen and oxygen atoms in total. The fraction of sp³-hybridized carbons (Fsp3) is 0.581. The van der Waals surface area contributed by atoms with Crippen molar-refractivity contribution in [3.63, 3.8) is 0 Å². The molecule has 4 heterocycles. The largest absolute Gasteiger partial charge is 0.394 e. The normalized spacial score (nSPS) is 34.0. The standard InChI is InChI=1S/C31H41N3O4S/c1-7-20(2)22(19-35)34-25-28(38)33(29(3,4)5)18-12-16-31(25)24(27(34)37)23-26(36)32(21-13-9-8-10-14-21)17-11-15-30(23,6)39-31/h8-16,20,22-25,35H,7,17-19H2,1-6H3/t20-,22-,23-,24-,25?,30+,31-/m0/s1. The Morgan fingerprint density at radius 1 is 1.00 bits per heavy atom. The van der Waals surface area contributed by atoms with E-state index in [-0.39, 0.29) is 30.2 Å². The molecule has 7 atom stereocenters. The molecule has 2 fully saturated rings. The number of rotatable bonds is 5. The van der Waals surface area contributed by atoms with Crippen LogP contribution in [-0.2, 0) is 14.4 Å². The molecule has 1 aromatic carbocycles. The maximum Gasteiger partial charge on any atom is 0.247 e. The van der Waals surface area contributed by atoms with E-state index in [1.165, 1.54) is 0 Å². The summed E-state index contributed by atoms with van der Waals surface area (Å²) in [5.41, 5.74) is 0.336. The van der Waals surface area contributed by atoms with Crippen LogP contribution in [0.25, 0.3) is 0 Å². The van der Waals surface area contributed by atoms with Gasteiger partial charge in [0.2, 0.25) is 17.7 Å². The molecule has 4 aliphatic rings. The van der Waals surface area contributed by atoms with Crippen LogP contribution in [0.15, 0.2) is 54.6 Å². The molecule has 1 N–H and O–H groups in total. The summed E-state index contributed by atoms with van der Waals surface area (Å²) in [5, 5.41) is 10.6. The van der Waals surface area contributed by atoms with E-state index >= 15 is 0 Å². The molecule has 0 aromatic heterocycles. The van der Waals surface area contributed by atoms with Crippen LogP contribution in [0.4, 0.5) is 5.69 Å². The van der Waals surface area contributed by atoms with Crippen molar-refractivity contribution in [1.82, 2.24) is 9.80 Å². The molecule has 2 saturated heterocycles. The molecule has 1 unspecified atom stereocenters. The summed E-state index contributed by atoms with van der Waals surface area (Å²) in [4.78, 5) is 48.9. The Hall–Kier alpha value is -2.58. The van der Waals surface area contributed by atoms with Crippen molar-refractivity contribution in [2.45, 2.75) is 75.1 Å². The van der Waals surface area contributed by atoms with Gasteiger partial charge in [0.05, 0.1) is 29.2 Å². The summed E-state index contributed by atoms with van der Waals surface area (Å²) in [7, 11) is 0. The zero-order valence-corrected chi connectivity index (χ0v) is 24.6. The summed E-state index contributed by atoms with van der Waals surface area (Å²) in [6.07, 6.45) is 8.91. The molecule has 4 aliphatic heterocycles. The minimum Gasteiger partial charge on any atom is -0.394 e. The Morgan fingerprint density at radius 3 is 2.28 bits per heavy atom. The van der Waals surface area contributed by atoms with Crippen LogP contribution in [0.3, 0.4) is 0 Å². The van der Waals surface area contributed by atoms with Crippen LogP contribution in [0.5, 0.6) is 0 Å². The Morgan fingerprint density at radius 2 is 1.67 bits per heavy atom. The molecule has 39 heavy (non-hydrogen) atoms. The number of hydrogen-bond acceptors (Lipinski definition) is 5. The summed E-state index contributed by atoms with van der Waals surface area (Å²) in [6.45, 7) is 12.7. The van der Waals surface area contributed by atoms with Gasteiger partial charge in [-0.1, -0.05) is 62.8 Å². The third-order valence-corrected chi connectivity index (χ3v) is 11.0. The van der Waals surface area contributed by atoms with Gasteiger partial charge >= 0.3 is 0 Å². The number of amides is 3. The number of aliphatic hydroxyl groups excluding tert-OH is 1. The molecule has 210 valence electrons. The number of likely N-dealkylation sites (tertiary alicyclic amines) is 1. The zero-order chi connectivity index (χ0) is 28.3. The quantitative estimate of drug-likeness (QED) is 0.562. The SMILES string of the molecule is CC[C@H](C)[C@H](CO)N1C(=O)[C@@H]2[C@H]3C(=O)N(c4ccccc4)CC=C[C@@]3(C)S[C@@]23C=CCN(C(C)(C)C)C(=O)C13. The molecule has 0 saturated carbocycles. The third kappa shape index (κ3) is 4.17. The van der Waals surface area contributed by atoms with Gasteiger partial charge in [0.25, 0.3) is 0 Å². The lowest BCUT2D eigenvalue weighted by atomic mass is 9.74. The highest BCUT2D eigenvalue weighted by Crippen LogP contribution is 2.66. The predicted octanol–water partition coefficient (Wildman–Crippen LogP) is 3.88. The van der Waals surface area contributed by atoms with Crippen molar-refractivity contribution in [3.8, 4) is 0 Å². The maximum atomic E-state index is 14.7. The van der Waals surface area contributed by atoms with Gasteiger partial charge < -0.3 is 19.8 Å². The number of hydrogen-bond donors (Lipinski definition) is 1. The van der Waals surface area contributed by atoms with Gasteiger partial charge in [-0.05, 0) is 45.7 Å². The van der Waals surface area contributed by atoms with E-state index in [2.05, 4.69) is 6.08 Å². The number of para-hydroxylation sites is 1. The van der Waals surface area contributed by atoms with Crippen LogP contribution >= 0.6 is 11.8 Å². The molecular weight excluding hydrogens is 510 g/mol. The molecule has 8 heteroatoms. The number of carbonyl (C=O) groups is 3. The number of thioether (sulfide) groups is 1. The lowest BCUT2D eigenvalue weighted by molar-refractivity contribution is -0.149. The molecule has 5 rings (SSSR count). The third-order valence-electron chi connectivity index (χ3n) is 9.22. The van der Waals surface area contributed by atoms with Gasteiger partial charge in [0.15, 0.2) is 0 Å². The van der Waals surface area contributed by atoms with Gasteiger partial charge in [0.1, 0.15) is 6.04 Å². The summed E-state index contributed by atoms with van der Waals surface area (Å²) >= 11 is 1.58. The smallest absolute Gasteiger partial charge is 0.247 e. The molecule has 1 aromatic rings. The predicted molar refractivity (Wildman–Crippen MR) is 155 cm³/mol. The van der Waals surface area contributed by atoms with Crippen LogP contribution < -0.4 is 4.90 Å². The fourth-order valence-electron chi connectivity index (χ4n) is 7.08. The number of carbonyl (C=O) groups excluding carboxylic acids is 3. The number of aliphatic hydroxyl groups is 1. The van der Waals surface area contributed by atoms with E-state index in [0.717, 1.165) is 12.1 Å². The van der Waals surface area contributed by atoms with Gasteiger partial charge in [-0.25, -0.2) is 0 Å². The van der Waals surface area contributed by atoms with Crippen LogP contribution in [0.2, 0.25) is 0 Å². The number of fused-ring (bicyclic) bond motifs is 2. The van der Waals surface area contributed by atoms with Crippen LogP contribution in [-0.4, -0.2) is 79.4 Å². The second kappa shape index (κ2) is 9.81. The first kappa shape index (κ1) is 28.0. The molecular formula is C31H41N3O4S. The molecule has 0 bridgehead atoms. The van der Waals surface area contributed by atoms with E-state index in [1.54, 1.807) is 21.6 Å². The first-order valence-corrected chi connectivity index (χ1v) is 14.9. The maximum absolute atomic E-state index is 14.7. The van der Waals surface area contributed by atoms with Crippen molar-refractivity contribution in [3.05, 3.63) is 54.6 Å². The van der Waals surface area contributed by atoms with Crippen molar-refractivity contribution in [1.29, 1.82) is 0 Å². The highest BCUT2D eigenvalue weighted by molar-refractivity contribution is 8.02. The minimum atomic E-state index is -0.922. The Kier molecular flexibility index (Phi) is 7.03. The number of benzene rings is 1. The van der Waals surface area contributed by atoms with E-state index in [9.17, 15) is 19.5 Å². The highest BCUT2D eigenvalue weighted by Gasteiger charge is 2.75. The average molecular weight is 552 g/mol. The van der Waals surface area contributed by atoms with Gasteiger partial charge in [-0.15, -0.1) is 11.8 Å². The van der Waals surface area contributed by atoms with Crippen LogP contribution in [0.1, 0.15) is 48.0 Å². The number of nitrogens with zero attached hydrogens (tertiary/aromatic N) is 3. The first-order chi connectivity index (χ1) is 18.4. The highest BCUT2D eigenvalue weighted by atomic mass is 32.2. The van der Waals surface area contributed by atoms with Crippen molar-refractivity contribution in [2.75, 3.05) is 24.6 Å². The average Bonchev–Trinajstić information content (AvgIpc) is 3.15. The summed E-state index contributed by atoms with van der Waals surface area (Å²) in [5.74, 6) is -1.81. The van der Waals surface area contributed by atoms with Gasteiger partial charge in [-0.3, -0.25) is 14.4 Å². The van der Waals surface area contributed by atoms with E-state index in [1.807, 2.05) is 95.0 Å². The molecule has 1 spiro atoms. The van der Waals surface area contributed by atoms with E-state index in [4.69, 9.17) is 0 Å². The van der Waals surface area contributed by atoms with Crippen molar-refractivity contribution < 1.29 is 19.5 Å². The van der Waals surface area contributed by atoms with Crippen molar-refractivity contribution in [2.24, 2.45) is 17.8 Å². The van der Waals surface area contributed by atoms with Gasteiger partial charge in [0, 0.05) is 29.1 Å². The lowest BCUT2D eigenvalue weighted by Gasteiger charge is -2.43. The molecule has 0 aliphatic carbocycles. The number of anilines is 1. The Labute approximate surface area is 236 Å².